The Kier molecular flexibility index (Phi) is 7.97. The standard InChI is InChI=1S/C26H28N2O4/c1-3-4-16-27(26(29)23-13-10-20(2)25(17-23)28(30)31)18-21-11-14-24(15-12-21)32-19-22-8-6-5-7-9-22/h5-15,17H,3-4,16,18-19H2,1-2H3. The molecular formula is C26H28N2O4. The summed E-state index contributed by atoms with van der Waals surface area (Å²) in [5.74, 6) is 0.559. The minimum atomic E-state index is -0.448. The van der Waals surface area contributed by atoms with E-state index in [9.17, 15) is 14.9 Å². The molecule has 0 aromatic heterocycles. The van der Waals surface area contributed by atoms with Crippen LogP contribution in [0.3, 0.4) is 0 Å². The van der Waals surface area contributed by atoms with E-state index in [-0.39, 0.29) is 11.6 Å². The third-order valence-corrected chi connectivity index (χ3v) is 5.27. The first kappa shape index (κ1) is 23.0. The lowest BCUT2D eigenvalue weighted by Crippen LogP contribution is -2.31. The molecule has 3 rings (SSSR count). The summed E-state index contributed by atoms with van der Waals surface area (Å²) < 4.78 is 5.84. The molecule has 0 saturated carbocycles. The SMILES string of the molecule is CCCCN(Cc1ccc(OCc2ccccc2)cc1)C(=O)c1ccc(C)c([N+](=O)[O-])c1. The minimum Gasteiger partial charge on any atom is -0.489 e. The van der Waals surface area contributed by atoms with Crippen LogP contribution in [-0.2, 0) is 13.2 Å². The van der Waals surface area contributed by atoms with Crippen molar-refractivity contribution in [2.75, 3.05) is 6.54 Å². The van der Waals surface area contributed by atoms with Crippen LogP contribution >= 0.6 is 0 Å². The molecule has 0 aliphatic rings. The molecule has 0 aliphatic heterocycles. The summed E-state index contributed by atoms with van der Waals surface area (Å²) in [6, 6.07) is 22.3. The summed E-state index contributed by atoms with van der Waals surface area (Å²) in [6.45, 7) is 5.25. The molecule has 3 aromatic carbocycles. The lowest BCUT2D eigenvalue weighted by atomic mass is 10.1. The molecule has 0 unspecified atom stereocenters. The number of unbranched alkanes of at least 4 members (excludes halogenated alkanes) is 1. The van der Waals surface area contributed by atoms with Crippen molar-refractivity contribution in [2.24, 2.45) is 0 Å². The van der Waals surface area contributed by atoms with Crippen molar-refractivity contribution in [1.82, 2.24) is 4.90 Å². The molecule has 0 fully saturated rings. The van der Waals surface area contributed by atoms with Gasteiger partial charge in [0, 0.05) is 30.3 Å². The molecule has 166 valence electrons. The molecule has 0 aliphatic carbocycles. The van der Waals surface area contributed by atoms with Gasteiger partial charge in [-0.3, -0.25) is 14.9 Å². The summed E-state index contributed by atoms with van der Waals surface area (Å²) in [5.41, 5.74) is 2.91. The van der Waals surface area contributed by atoms with E-state index >= 15 is 0 Å². The van der Waals surface area contributed by atoms with E-state index in [1.165, 1.54) is 6.07 Å². The highest BCUT2D eigenvalue weighted by Gasteiger charge is 2.20. The van der Waals surface area contributed by atoms with Gasteiger partial charge in [0.25, 0.3) is 11.6 Å². The summed E-state index contributed by atoms with van der Waals surface area (Å²) in [6.07, 6.45) is 1.81. The van der Waals surface area contributed by atoms with E-state index in [0.29, 0.717) is 30.8 Å². The van der Waals surface area contributed by atoms with E-state index in [2.05, 4.69) is 6.92 Å². The Bertz CT molecular complexity index is 1050. The zero-order chi connectivity index (χ0) is 22.9. The van der Waals surface area contributed by atoms with Crippen molar-refractivity contribution < 1.29 is 14.5 Å². The number of hydrogen-bond acceptors (Lipinski definition) is 4. The first-order chi connectivity index (χ1) is 15.5. The number of carbonyl (C=O) groups is 1. The number of carbonyl (C=O) groups excluding carboxylic acids is 1. The van der Waals surface area contributed by atoms with Gasteiger partial charge in [-0.2, -0.15) is 0 Å². The zero-order valence-corrected chi connectivity index (χ0v) is 18.5. The maximum Gasteiger partial charge on any atom is 0.273 e. The number of rotatable bonds is 10. The molecule has 6 heteroatoms. The Balaban J connectivity index is 1.70. The number of hydrogen-bond donors (Lipinski definition) is 0. The number of ether oxygens (including phenoxy) is 1. The van der Waals surface area contributed by atoms with E-state index in [0.717, 1.165) is 29.7 Å². The number of benzene rings is 3. The smallest absolute Gasteiger partial charge is 0.273 e. The predicted octanol–water partition coefficient (Wildman–Crippen LogP) is 5.92. The number of nitro benzene ring substituents is 1. The largest absolute Gasteiger partial charge is 0.489 e. The quantitative estimate of drug-likeness (QED) is 0.294. The van der Waals surface area contributed by atoms with Crippen molar-refractivity contribution in [2.45, 2.75) is 39.8 Å². The second kappa shape index (κ2) is 11.1. The fraction of sp³-hybridized carbons (Fsp3) is 0.269. The van der Waals surface area contributed by atoms with Crippen LogP contribution in [0.2, 0.25) is 0 Å². The molecule has 0 heterocycles. The lowest BCUT2D eigenvalue weighted by molar-refractivity contribution is -0.385. The second-order valence-electron chi connectivity index (χ2n) is 7.76. The molecule has 0 bridgehead atoms. The summed E-state index contributed by atoms with van der Waals surface area (Å²) >= 11 is 0. The number of aryl methyl sites for hydroxylation is 1. The number of amides is 1. The predicted molar refractivity (Wildman–Crippen MR) is 125 cm³/mol. The van der Waals surface area contributed by atoms with E-state index in [1.807, 2.05) is 54.6 Å². The van der Waals surface area contributed by atoms with Crippen LogP contribution in [0.5, 0.6) is 5.75 Å². The van der Waals surface area contributed by atoms with Crippen molar-refractivity contribution in [1.29, 1.82) is 0 Å². The number of nitro groups is 1. The van der Waals surface area contributed by atoms with E-state index in [4.69, 9.17) is 4.74 Å². The van der Waals surface area contributed by atoms with Crippen LogP contribution in [0.4, 0.5) is 5.69 Å². The summed E-state index contributed by atoms with van der Waals surface area (Å²) in [4.78, 5) is 25.7. The minimum absolute atomic E-state index is 0.0359. The molecule has 0 saturated heterocycles. The average Bonchev–Trinajstić information content (AvgIpc) is 2.81. The second-order valence-corrected chi connectivity index (χ2v) is 7.76. The highest BCUT2D eigenvalue weighted by Crippen LogP contribution is 2.22. The Morgan fingerprint density at radius 1 is 1.00 bits per heavy atom. The fourth-order valence-electron chi connectivity index (χ4n) is 3.38. The molecule has 32 heavy (non-hydrogen) atoms. The Labute approximate surface area is 188 Å². The Morgan fingerprint density at radius 2 is 1.72 bits per heavy atom. The van der Waals surface area contributed by atoms with Crippen LogP contribution in [-0.4, -0.2) is 22.3 Å². The maximum absolute atomic E-state index is 13.1. The fourth-order valence-corrected chi connectivity index (χ4v) is 3.38. The maximum atomic E-state index is 13.1. The van der Waals surface area contributed by atoms with Crippen LogP contribution in [0.15, 0.2) is 72.8 Å². The van der Waals surface area contributed by atoms with Gasteiger partial charge in [0.2, 0.25) is 0 Å². The van der Waals surface area contributed by atoms with E-state index < -0.39 is 4.92 Å². The molecule has 0 radical (unpaired) electrons. The van der Waals surface area contributed by atoms with Crippen LogP contribution in [0.25, 0.3) is 0 Å². The highest BCUT2D eigenvalue weighted by molar-refractivity contribution is 5.95. The van der Waals surface area contributed by atoms with Crippen molar-refractivity contribution in [3.05, 3.63) is 105 Å². The van der Waals surface area contributed by atoms with Gasteiger partial charge in [-0.15, -0.1) is 0 Å². The molecule has 0 atom stereocenters. The zero-order valence-electron chi connectivity index (χ0n) is 18.5. The van der Waals surface area contributed by atoms with Crippen molar-refractivity contribution in [3.8, 4) is 5.75 Å². The lowest BCUT2D eigenvalue weighted by Gasteiger charge is -2.23. The van der Waals surface area contributed by atoms with Crippen molar-refractivity contribution >= 4 is 11.6 Å². The van der Waals surface area contributed by atoms with Crippen LogP contribution < -0.4 is 4.74 Å². The molecular weight excluding hydrogens is 404 g/mol. The third-order valence-electron chi connectivity index (χ3n) is 5.27. The Morgan fingerprint density at radius 3 is 2.38 bits per heavy atom. The van der Waals surface area contributed by atoms with Gasteiger partial charge in [-0.05, 0) is 42.7 Å². The van der Waals surface area contributed by atoms with Crippen LogP contribution in [0, 0.1) is 17.0 Å². The first-order valence-electron chi connectivity index (χ1n) is 10.8. The van der Waals surface area contributed by atoms with Gasteiger partial charge in [0.1, 0.15) is 12.4 Å². The Hall–Kier alpha value is -3.67. The summed E-state index contributed by atoms with van der Waals surface area (Å²) in [7, 11) is 0. The van der Waals surface area contributed by atoms with E-state index in [1.54, 1.807) is 24.0 Å². The monoisotopic (exact) mass is 432 g/mol. The van der Waals surface area contributed by atoms with Gasteiger partial charge in [-0.25, -0.2) is 0 Å². The molecule has 1 amide bonds. The third kappa shape index (κ3) is 6.17. The molecule has 3 aromatic rings. The van der Waals surface area contributed by atoms with Gasteiger partial charge in [-0.1, -0.05) is 61.9 Å². The molecule has 6 nitrogen and oxygen atoms in total. The number of nitrogens with zero attached hydrogens (tertiary/aromatic N) is 2. The highest BCUT2D eigenvalue weighted by atomic mass is 16.6. The van der Waals surface area contributed by atoms with Gasteiger partial charge >= 0.3 is 0 Å². The normalized spacial score (nSPS) is 10.6. The summed E-state index contributed by atoms with van der Waals surface area (Å²) in [5, 5.41) is 11.3. The van der Waals surface area contributed by atoms with Gasteiger partial charge in [0.05, 0.1) is 4.92 Å². The van der Waals surface area contributed by atoms with Crippen LogP contribution in [0.1, 0.15) is 46.8 Å². The van der Waals surface area contributed by atoms with Gasteiger partial charge < -0.3 is 9.64 Å². The van der Waals surface area contributed by atoms with Gasteiger partial charge in [0.15, 0.2) is 0 Å². The van der Waals surface area contributed by atoms with Crippen molar-refractivity contribution in [3.63, 3.8) is 0 Å². The average molecular weight is 433 g/mol. The molecule has 0 spiro atoms. The first-order valence-corrected chi connectivity index (χ1v) is 10.8. The molecule has 0 N–H and O–H groups in total. The topological polar surface area (TPSA) is 72.7 Å².